The number of thiazole rings is 1. The molecule has 1 aliphatic rings. The van der Waals surface area contributed by atoms with Gasteiger partial charge in [0.05, 0.1) is 33.2 Å². The highest BCUT2D eigenvalue weighted by atomic mass is 32.1. The molecule has 1 aliphatic heterocycles. The number of benzene rings is 1. The molecular weight excluding hydrogens is 488 g/mol. The summed E-state index contributed by atoms with van der Waals surface area (Å²) < 4.78 is 0.922. The number of rotatable bonds is 6. The molecule has 0 radical (unpaired) electrons. The van der Waals surface area contributed by atoms with Gasteiger partial charge in [-0.2, -0.15) is 0 Å². The van der Waals surface area contributed by atoms with Crippen molar-refractivity contribution in [1.82, 2.24) is 15.0 Å². The van der Waals surface area contributed by atoms with Crippen molar-refractivity contribution < 1.29 is 14.7 Å². The van der Waals surface area contributed by atoms with Gasteiger partial charge in [-0.15, -0.1) is 0 Å². The molecule has 0 spiro atoms. The topological polar surface area (TPSA) is 126 Å². The molecule has 5 rings (SSSR count). The van der Waals surface area contributed by atoms with Gasteiger partial charge in [0.15, 0.2) is 5.13 Å². The Morgan fingerprint density at radius 2 is 1.95 bits per heavy atom. The van der Waals surface area contributed by atoms with Gasteiger partial charge in [-0.05, 0) is 62.6 Å². The second kappa shape index (κ2) is 9.78. The lowest BCUT2D eigenvalue weighted by atomic mass is 9.80. The first-order chi connectivity index (χ1) is 17.8. The Bertz CT molecular complexity index is 1460. The highest BCUT2D eigenvalue weighted by Crippen LogP contribution is 2.40. The van der Waals surface area contributed by atoms with E-state index in [2.05, 4.69) is 27.0 Å². The SMILES string of the molecule is CCN(C(N)=O)c1nc2cc(-c3cncc(N4CCC(C)(C(=O)O)CC4)c3)cc(-c3ccccn3)c2s1. The lowest BCUT2D eigenvalue weighted by Gasteiger charge is -2.37. The second-order valence-corrected chi connectivity index (χ2v) is 10.4. The van der Waals surface area contributed by atoms with Gasteiger partial charge in [-0.3, -0.25) is 19.7 Å². The highest BCUT2D eigenvalue weighted by molar-refractivity contribution is 7.23. The molecule has 0 unspecified atom stereocenters. The summed E-state index contributed by atoms with van der Waals surface area (Å²) in [5, 5.41) is 10.1. The van der Waals surface area contributed by atoms with Crippen LogP contribution in [0.5, 0.6) is 0 Å². The van der Waals surface area contributed by atoms with Crippen LogP contribution < -0.4 is 15.5 Å². The van der Waals surface area contributed by atoms with E-state index in [1.165, 1.54) is 16.2 Å². The molecule has 190 valence electrons. The number of urea groups is 1. The molecule has 1 aromatic carbocycles. The molecule has 3 aromatic heterocycles. The molecule has 4 aromatic rings. The molecule has 4 heterocycles. The van der Waals surface area contributed by atoms with Crippen molar-refractivity contribution in [3.05, 3.63) is 55.0 Å². The minimum absolute atomic E-state index is 0.420. The zero-order valence-electron chi connectivity index (χ0n) is 20.7. The predicted molar refractivity (Wildman–Crippen MR) is 146 cm³/mol. The van der Waals surface area contributed by atoms with Gasteiger partial charge >= 0.3 is 12.0 Å². The van der Waals surface area contributed by atoms with Crippen LogP contribution in [0.15, 0.2) is 55.0 Å². The number of aliphatic carboxylic acids is 1. The molecule has 1 saturated heterocycles. The number of nitrogens with zero attached hydrogens (tertiary/aromatic N) is 5. The first-order valence-corrected chi connectivity index (χ1v) is 13.0. The maximum Gasteiger partial charge on any atom is 0.321 e. The van der Waals surface area contributed by atoms with E-state index >= 15 is 0 Å². The van der Waals surface area contributed by atoms with Crippen LogP contribution in [-0.4, -0.2) is 51.7 Å². The second-order valence-electron chi connectivity index (χ2n) is 9.45. The lowest BCUT2D eigenvalue weighted by Crippen LogP contribution is -2.42. The largest absolute Gasteiger partial charge is 0.481 e. The van der Waals surface area contributed by atoms with Crippen LogP contribution in [0, 0.1) is 5.41 Å². The molecule has 0 bridgehead atoms. The number of anilines is 2. The summed E-state index contributed by atoms with van der Waals surface area (Å²) in [6.07, 6.45) is 6.54. The van der Waals surface area contributed by atoms with Crippen LogP contribution >= 0.6 is 11.3 Å². The number of hydrogen-bond donors (Lipinski definition) is 2. The van der Waals surface area contributed by atoms with Crippen LogP contribution in [0.25, 0.3) is 32.6 Å². The van der Waals surface area contributed by atoms with E-state index in [9.17, 15) is 14.7 Å². The van der Waals surface area contributed by atoms with Gasteiger partial charge in [0.2, 0.25) is 0 Å². The first-order valence-electron chi connectivity index (χ1n) is 12.2. The molecule has 1 fully saturated rings. The molecule has 2 amide bonds. The Hall–Kier alpha value is -4.05. The van der Waals surface area contributed by atoms with Crippen LogP contribution in [0.3, 0.4) is 0 Å². The summed E-state index contributed by atoms with van der Waals surface area (Å²) >= 11 is 1.41. The third-order valence-electron chi connectivity index (χ3n) is 7.04. The van der Waals surface area contributed by atoms with Crippen LogP contribution in [0.1, 0.15) is 26.7 Å². The summed E-state index contributed by atoms with van der Waals surface area (Å²) in [5.41, 5.74) is 10.2. The van der Waals surface area contributed by atoms with Crippen molar-refractivity contribution in [2.75, 3.05) is 29.4 Å². The fourth-order valence-corrected chi connectivity index (χ4v) is 5.77. The number of piperidine rings is 1. The Morgan fingerprint density at radius 3 is 2.59 bits per heavy atom. The normalized spacial score (nSPS) is 15.0. The fraction of sp³-hybridized carbons (Fsp3) is 0.296. The Balaban J connectivity index is 1.56. The summed E-state index contributed by atoms with van der Waals surface area (Å²) in [7, 11) is 0. The molecule has 10 heteroatoms. The Kier molecular flexibility index (Phi) is 6.51. The molecule has 3 N–H and O–H groups in total. The summed E-state index contributed by atoms with van der Waals surface area (Å²) in [5.74, 6) is -0.741. The average molecular weight is 517 g/mol. The number of hydrogen-bond acceptors (Lipinski definition) is 7. The number of primary amides is 1. The van der Waals surface area contributed by atoms with E-state index in [1.807, 2.05) is 50.5 Å². The van der Waals surface area contributed by atoms with Crippen molar-refractivity contribution in [2.45, 2.75) is 26.7 Å². The Labute approximate surface area is 218 Å². The number of carboxylic acid groups (broad SMARTS) is 1. The van der Waals surface area contributed by atoms with Crippen LogP contribution in [-0.2, 0) is 4.79 Å². The van der Waals surface area contributed by atoms with E-state index < -0.39 is 17.4 Å². The van der Waals surface area contributed by atoms with Crippen LogP contribution in [0.2, 0.25) is 0 Å². The third kappa shape index (κ3) is 4.72. The van der Waals surface area contributed by atoms with E-state index in [0.717, 1.165) is 38.3 Å². The Morgan fingerprint density at radius 1 is 1.16 bits per heavy atom. The quantitative estimate of drug-likeness (QED) is 0.369. The predicted octanol–water partition coefficient (Wildman–Crippen LogP) is 5.02. The third-order valence-corrected chi connectivity index (χ3v) is 8.17. The molecule has 0 aliphatic carbocycles. The number of fused-ring (bicyclic) bond motifs is 1. The number of amides is 2. The van der Waals surface area contributed by atoms with Crippen molar-refractivity contribution in [3.8, 4) is 22.4 Å². The lowest BCUT2D eigenvalue weighted by molar-refractivity contribution is -0.149. The molecule has 0 atom stereocenters. The number of nitrogens with two attached hydrogens (primary N) is 1. The average Bonchev–Trinajstić information content (AvgIpc) is 3.33. The zero-order chi connectivity index (χ0) is 26.2. The van der Waals surface area contributed by atoms with E-state index in [0.29, 0.717) is 37.6 Å². The van der Waals surface area contributed by atoms with Crippen molar-refractivity contribution in [1.29, 1.82) is 0 Å². The molecule has 37 heavy (non-hydrogen) atoms. The summed E-state index contributed by atoms with van der Waals surface area (Å²) in [6.45, 7) is 5.40. The summed E-state index contributed by atoms with van der Waals surface area (Å²) in [4.78, 5) is 41.1. The summed E-state index contributed by atoms with van der Waals surface area (Å²) in [6, 6.07) is 11.4. The maximum absolute atomic E-state index is 12.0. The number of pyridine rings is 2. The van der Waals surface area contributed by atoms with E-state index in [4.69, 9.17) is 10.7 Å². The van der Waals surface area contributed by atoms with Gasteiger partial charge in [-0.1, -0.05) is 17.4 Å². The monoisotopic (exact) mass is 516 g/mol. The molecular formula is C27H28N6O3S. The van der Waals surface area contributed by atoms with Crippen molar-refractivity contribution in [2.24, 2.45) is 11.1 Å². The van der Waals surface area contributed by atoms with Gasteiger partial charge in [0, 0.05) is 43.2 Å². The number of carbonyl (C=O) groups is 2. The highest BCUT2D eigenvalue weighted by Gasteiger charge is 2.37. The van der Waals surface area contributed by atoms with Gasteiger partial charge < -0.3 is 15.7 Å². The maximum atomic E-state index is 12.0. The first kappa shape index (κ1) is 24.6. The minimum atomic E-state index is -0.741. The number of carbonyl (C=O) groups excluding carboxylic acids is 1. The van der Waals surface area contributed by atoms with Crippen LogP contribution in [0.4, 0.5) is 15.6 Å². The van der Waals surface area contributed by atoms with E-state index in [-0.39, 0.29) is 0 Å². The minimum Gasteiger partial charge on any atom is -0.481 e. The van der Waals surface area contributed by atoms with E-state index in [1.54, 1.807) is 6.20 Å². The standard InChI is InChI=1S/C27H28N6O3S/c1-3-33(25(28)36)26-31-22-14-17(13-20(23(22)37-26)21-6-4-5-9-30-21)18-12-19(16-29-15-18)32-10-7-27(2,8-11-32)24(34)35/h4-6,9,12-16H,3,7-8,10-11H2,1-2H3,(H2,28,36)(H,34,35). The van der Waals surface area contributed by atoms with Crippen molar-refractivity contribution >= 4 is 44.4 Å². The van der Waals surface area contributed by atoms with Gasteiger partial charge in [-0.25, -0.2) is 9.78 Å². The van der Waals surface area contributed by atoms with Gasteiger partial charge in [0.1, 0.15) is 0 Å². The smallest absolute Gasteiger partial charge is 0.321 e. The number of carboxylic acids is 1. The van der Waals surface area contributed by atoms with Crippen molar-refractivity contribution in [3.63, 3.8) is 0 Å². The molecule has 9 nitrogen and oxygen atoms in total. The molecule has 0 saturated carbocycles. The fourth-order valence-electron chi connectivity index (χ4n) is 4.63. The zero-order valence-corrected chi connectivity index (χ0v) is 21.5. The van der Waals surface area contributed by atoms with Gasteiger partial charge in [0.25, 0.3) is 0 Å². The number of aromatic nitrogens is 3.